The molecule has 0 radical (unpaired) electrons. The summed E-state index contributed by atoms with van der Waals surface area (Å²) in [4.78, 5) is 23.2. The normalized spacial score (nSPS) is 37.3. The molecule has 0 spiro atoms. The lowest BCUT2D eigenvalue weighted by Gasteiger charge is -2.25. The van der Waals surface area contributed by atoms with Crippen LogP contribution in [0.15, 0.2) is 30.3 Å². The van der Waals surface area contributed by atoms with Crippen LogP contribution in [-0.2, 0) is 4.79 Å². The van der Waals surface area contributed by atoms with Crippen molar-refractivity contribution in [3.63, 3.8) is 0 Å². The summed E-state index contributed by atoms with van der Waals surface area (Å²) in [5.41, 5.74) is -0.993. The van der Waals surface area contributed by atoms with Crippen LogP contribution in [0.2, 0.25) is 0 Å². The fraction of sp³-hybridized carbons (Fsp3) is 0.500. The number of hydrogen-bond acceptors (Lipinski definition) is 4. The van der Waals surface area contributed by atoms with Crippen molar-refractivity contribution in [2.75, 3.05) is 0 Å². The van der Waals surface area contributed by atoms with Gasteiger partial charge in [-0.05, 0) is 24.8 Å². The second-order valence-corrected chi connectivity index (χ2v) is 5.45. The molecule has 1 N–H and O–H groups in total. The highest BCUT2D eigenvalue weighted by molar-refractivity contribution is 5.94. The lowest BCUT2D eigenvalue weighted by atomic mass is 9.82. The molecule has 0 heterocycles. The van der Waals surface area contributed by atoms with E-state index in [0.717, 1.165) is 5.56 Å². The summed E-state index contributed by atoms with van der Waals surface area (Å²) in [6, 6.07) is 7.85. The van der Waals surface area contributed by atoms with E-state index in [0.29, 0.717) is 12.8 Å². The Hall–Kier alpha value is -1.75. The monoisotopic (exact) mass is 261 g/mol. The zero-order valence-electron chi connectivity index (χ0n) is 10.4. The van der Waals surface area contributed by atoms with Gasteiger partial charge in [0.1, 0.15) is 0 Å². The van der Waals surface area contributed by atoms with Crippen molar-refractivity contribution >= 4 is 5.78 Å². The second-order valence-electron chi connectivity index (χ2n) is 5.45. The third-order valence-electron chi connectivity index (χ3n) is 4.51. The summed E-state index contributed by atoms with van der Waals surface area (Å²) in [6.07, 6.45) is 1.50. The smallest absolute Gasteiger partial charge is 0.255 e. The third kappa shape index (κ3) is 1.61. The number of hydrogen-bond donors (Lipinski definition) is 1. The molecule has 1 aromatic carbocycles. The number of benzene rings is 1. The van der Waals surface area contributed by atoms with Crippen LogP contribution in [0.1, 0.15) is 30.7 Å². The molecule has 2 fully saturated rings. The second kappa shape index (κ2) is 4.13. The van der Waals surface area contributed by atoms with E-state index >= 15 is 0 Å². The topological polar surface area (TPSA) is 80.4 Å². The van der Waals surface area contributed by atoms with Crippen LogP contribution >= 0.6 is 0 Å². The van der Waals surface area contributed by atoms with Crippen LogP contribution in [-0.4, -0.2) is 27.5 Å². The first-order valence-corrected chi connectivity index (χ1v) is 6.51. The van der Waals surface area contributed by atoms with Gasteiger partial charge >= 0.3 is 0 Å². The minimum Gasteiger partial charge on any atom is -0.376 e. The molecule has 0 aromatic heterocycles. The van der Waals surface area contributed by atoms with Gasteiger partial charge in [-0.2, -0.15) is 0 Å². The van der Waals surface area contributed by atoms with Crippen molar-refractivity contribution < 1.29 is 14.8 Å². The fourth-order valence-corrected chi connectivity index (χ4v) is 3.72. The van der Waals surface area contributed by atoms with Crippen molar-refractivity contribution in [1.29, 1.82) is 0 Å². The van der Waals surface area contributed by atoms with Gasteiger partial charge in [-0.25, -0.2) is 0 Å². The molecular formula is C14H15NO4. The first-order chi connectivity index (χ1) is 9.05. The molecule has 1 aromatic rings. The summed E-state index contributed by atoms with van der Waals surface area (Å²) in [7, 11) is 0. The molecule has 5 nitrogen and oxygen atoms in total. The third-order valence-corrected chi connectivity index (χ3v) is 4.51. The molecule has 2 saturated carbocycles. The first-order valence-electron chi connectivity index (χ1n) is 6.51. The van der Waals surface area contributed by atoms with Gasteiger partial charge in [0.25, 0.3) is 6.04 Å². The SMILES string of the molecule is O=C1[C@@H]2CCC[C@@]1(O)[C@H]([N+](=O)[O-])[C@@H]2c1ccccc1. The minimum atomic E-state index is -1.77. The van der Waals surface area contributed by atoms with Crippen molar-refractivity contribution in [1.82, 2.24) is 0 Å². The molecule has 2 aliphatic rings. The van der Waals surface area contributed by atoms with Crippen LogP contribution < -0.4 is 0 Å². The standard InChI is InChI=1S/C14H15NO4/c16-13-10-7-4-8-14(13,17)12(15(18)19)11(10)9-5-2-1-3-6-9/h1-3,5-6,10-12,17H,4,7-8H2/t10-,11-,12-,14-/m1/s1. The maximum absolute atomic E-state index is 12.3. The van der Waals surface area contributed by atoms with Gasteiger partial charge in [0, 0.05) is 10.8 Å². The van der Waals surface area contributed by atoms with Crippen LogP contribution in [0.3, 0.4) is 0 Å². The van der Waals surface area contributed by atoms with Crippen LogP contribution in [0.4, 0.5) is 0 Å². The van der Waals surface area contributed by atoms with Crippen LogP contribution in [0.5, 0.6) is 0 Å². The number of ketones is 1. The quantitative estimate of drug-likeness (QED) is 0.646. The number of nitro groups is 1. The van der Waals surface area contributed by atoms with E-state index in [-0.39, 0.29) is 12.2 Å². The first kappa shape index (κ1) is 12.3. The Morgan fingerprint density at radius 3 is 2.63 bits per heavy atom. The largest absolute Gasteiger partial charge is 0.376 e. The summed E-state index contributed by atoms with van der Waals surface area (Å²) in [6.45, 7) is 0. The highest BCUT2D eigenvalue weighted by Crippen LogP contribution is 2.51. The maximum atomic E-state index is 12.3. The summed E-state index contributed by atoms with van der Waals surface area (Å²) in [5, 5.41) is 21.8. The van der Waals surface area contributed by atoms with E-state index in [1.807, 2.05) is 18.2 Å². The van der Waals surface area contributed by atoms with E-state index in [9.17, 15) is 20.0 Å². The molecule has 100 valence electrons. The lowest BCUT2D eigenvalue weighted by Crippen LogP contribution is -2.49. The number of carbonyl (C=O) groups is 1. The van der Waals surface area contributed by atoms with E-state index in [2.05, 4.69) is 0 Å². The van der Waals surface area contributed by atoms with Gasteiger partial charge in [-0.15, -0.1) is 0 Å². The van der Waals surface area contributed by atoms with Gasteiger partial charge in [0.2, 0.25) is 0 Å². The van der Waals surface area contributed by atoms with E-state index in [1.165, 1.54) is 0 Å². The molecule has 19 heavy (non-hydrogen) atoms. The number of Topliss-reactive ketones (excluding diaryl/α,β-unsaturated/α-hetero) is 1. The number of fused-ring (bicyclic) bond motifs is 2. The Bertz CT molecular complexity index is 530. The molecule has 0 saturated heterocycles. The number of carbonyl (C=O) groups excluding carboxylic acids is 1. The molecule has 2 aliphatic carbocycles. The van der Waals surface area contributed by atoms with Crippen LogP contribution in [0.25, 0.3) is 0 Å². The minimum absolute atomic E-state index is 0.206. The maximum Gasteiger partial charge on any atom is 0.255 e. The Kier molecular flexibility index (Phi) is 2.67. The predicted octanol–water partition coefficient (Wildman–Crippen LogP) is 1.53. The van der Waals surface area contributed by atoms with Crippen molar-refractivity contribution in [3.05, 3.63) is 46.0 Å². The highest BCUT2D eigenvalue weighted by atomic mass is 16.6. The van der Waals surface area contributed by atoms with Crippen molar-refractivity contribution in [2.45, 2.75) is 36.8 Å². The molecule has 4 atom stereocenters. The zero-order chi connectivity index (χ0) is 13.6. The van der Waals surface area contributed by atoms with Crippen molar-refractivity contribution in [2.24, 2.45) is 5.92 Å². The molecule has 0 unspecified atom stereocenters. The molecule has 0 aliphatic heterocycles. The summed E-state index contributed by atoms with van der Waals surface area (Å²) >= 11 is 0. The number of nitrogens with zero attached hydrogens (tertiary/aromatic N) is 1. The Morgan fingerprint density at radius 1 is 1.32 bits per heavy atom. The van der Waals surface area contributed by atoms with Gasteiger partial charge in [-0.3, -0.25) is 14.9 Å². The average Bonchev–Trinajstić information content (AvgIpc) is 2.53. The van der Waals surface area contributed by atoms with Gasteiger partial charge in [0.05, 0.1) is 5.92 Å². The van der Waals surface area contributed by atoms with E-state index in [4.69, 9.17) is 0 Å². The molecule has 3 rings (SSSR count). The van der Waals surface area contributed by atoms with E-state index < -0.39 is 28.4 Å². The molecule has 2 bridgehead atoms. The lowest BCUT2D eigenvalue weighted by molar-refractivity contribution is -0.542. The van der Waals surface area contributed by atoms with Gasteiger partial charge in [0.15, 0.2) is 11.4 Å². The molecular weight excluding hydrogens is 246 g/mol. The highest BCUT2D eigenvalue weighted by Gasteiger charge is 2.67. The average molecular weight is 261 g/mol. The molecule has 0 amide bonds. The fourth-order valence-electron chi connectivity index (χ4n) is 3.72. The number of rotatable bonds is 2. The molecule has 5 heteroatoms. The Labute approximate surface area is 110 Å². The van der Waals surface area contributed by atoms with E-state index in [1.54, 1.807) is 12.1 Å². The predicted molar refractivity (Wildman–Crippen MR) is 67.3 cm³/mol. The van der Waals surface area contributed by atoms with Gasteiger partial charge in [-0.1, -0.05) is 30.3 Å². The summed E-state index contributed by atoms with van der Waals surface area (Å²) < 4.78 is 0. The number of aliphatic hydroxyl groups is 1. The Balaban J connectivity index is 2.12. The Morgan fingerprint density at radius 2 is 2.00 bits per heavy atom. The van der Waals surface area contributed by atoms with Gasteiger partial charge < -0.3 is 5.11 Å². The summed E-state index contributed by atoms with van der Waals surface area (Å²) in [5.74, 6) is -1.26. The van der Waals surface area contributed by atoms with Crippen LogP contribution in [0, 0.1) is 16.0 Å². The zero-order valence-corrected chi connectivity index (χ0v) is 10.4. The van der Waals surface area contributed by atoms with Crippen molar-refractivity contribution in [3.8, 4) is 0 Å².